The highest BCUT2D eigenvalue weighted by Gasteiger charge is 2.29. The van der Waals surface area contributed by atoms with Crippen LogP contribution in [-0.4, -0.2) is 35.5 Å². The third-order valence-corrected chi connectivity index (χ3v) is 6.96. The molecule has 0 bridgehead atoms. The van der Waals surface area contributed by atoms with Crippen molar-refractivity contribution in [2.24, 2.45) is 11.8 Å². The maximum atomic E-state index is 13.1. The minimum absolute atomic E-state index is 0.00470. The van der Waals surface area contributed by atoms with Crippen molar-refractivity contribution in [3.05, 3.63) is 66.3 Å². The van der Waals surface area contributed by atoms with Gasteiger partial charge in [-0.05, 0) is 69.4 Å². The second-order valence-corrected chi connectivity index (χ2v) is 11.2. The van der Waals surface area contributed by atoms with Gasteiger partial charge in [0.2, 0.25) is 0 Å². The number of para-hydroxylation sites is 1. The Bertz CT molecular complexity index is 990. The normalized spacial score (nSPS) is 13.4. The van der Waals surface area contributed by atoms with Crippen LogP contribution in [0.25, 0.3) is 0 Å². The number of esters is 1. The first kappa shape index (κ1) is 37.0. The van der Waals surface area contributed by atoms with Crippen LogP contribution in [0.3, 0.4) is 0 Å². The van der Waals surface area contributed by atoms with E-state index in [-0.39, 0.29) is 29.4 Å². The van der Waals surface area contributed by atoms with Crippen LogP contribution in [0.4, 0.5) is 0 Å². The van der Waals surface area contributed by atoms with Crippen molar-refractivity contribution in [1.29, 1.82) is 0 Å². The summed E-state index contributed by atoms with van der Waals surface area (Å²) in [4.78, 5) is 37.5. The summed E-state index contributed by atoms with van der Waals surface area (Å²) in [5.74, 6) is -2.35. The van der Waals surface area contributed by atoms with Crippen molar-refractivity contribution in [3.63, 3.8) is 0 Å². The Morgan fingerprint density at radius 2 is 1.45 bits per heavy atom. The molecule has 234 valence electrons. The summed E-state index contributed by atoms with van der Waals surface area (Å²) < 4.78 is 11.4. The highest BCUT2D eigenvalue weighted by molar-refractivity contribution is 5.93. The number of benzene rings is 1. The molecule has 0 aromatic heterocycles. The Morgan fingerprint density at radius 3 is 2.10 bits per heavy atom. The minimum atomic E-state index is -1.17. The molecule has 0 fully saturated rings. The number of ether oxygens (including phenoxy) is 2. The van der Waals surface area contributed by atoms with Crippen LogP contribution in [0, 0.1) is 11.8 Å². The van der Waals surface area contributed by atoms with Gasteiger partial charge in [0.1, 0.15) is 17.4 Å². The lowest BCUT2D eigenvalue weighted by atomic mass is 9.90. The van der Waals surface area contributed by atoms with Crippen LogP contribution in [0.5, 0.6) is 5.75 Å². The van der Waals surface area contributed by atoms with E-state index in [4.69, 9.17) is 9.47 Å². The molecule has 1 aromatic rings. The van der Waals surface area contributed by atoms with Crippen LogP contribution >= 0.6 is 0 Å². The van der Waals surface area contributed by atoms with Gasteiger partial charge in [-0.15, -0.1) is 0 Å². The lowest BCUT2D eigenvalue weighted by molar-refractivity contribution is -0.144. The monoisotopic (exact) mass is 582 g/mol. The number of carbonyl (C=O) groups excluding carboxylic acids is 2. The molecule has 0 amide bonds. The largest absolute Gasteiger partial charge is 0.478 e. The van der Waals surface area contributed by atoms with Gasteiger partial charge in [0.25, 0.3) is 0 Å². The summed E-state index contributed by atoms with van der Waals surface area (Å²) in [6.45, 7) is 8.55. The van der Waals surface area contributed by atoms with Gasteiger partial charge < -0.3 is 14.6 Å². The van der Waals surface area contributed by atoms with Crippen LogP contribution < -0.4 is 4.74 Å². The summed E-state index contributed by atoms with van der Waals surface area (Å²) in [6.07, 6.45) is 24.9. The summed E-state index contributed by atoms with van der Waals surface area (Å²) >= 11 is 0. The van der Waals surface area contributed by atoms with E-state index in [0.29, 0.717) is 19.4 Å². The van der Waals surface area contributed by atoms with E-state index in [9.17, 15) is 19.5 Å². The maximum Gasteiger partial charge on any atom is 0.339 e. The predicted octanol–water partition coefficient (Wildman–Crippen LogP) is 9.30. The number of aromatic carboxylic acids is 1. The third kappa shape index (κ3) is 17.1. The molecule has 6 nitrogen and oxygen atoms in total. The standard InChI is InChI=1S/C36H54O6/c1-5-7-8-9-10-11-12-13-14-15-16-17-18-19-20-23-26-41-33(6-2)32(37)28-30(27-29(3)4)36(40)42-34-25-22-21-24-31(34)35(38)39/h7-8,10-11,13-14,21-22,24-25,29-30,33H,5-6,9,12,15-20,23,26-28H2,1-4H3,(H,38,39)/b8-7-,11-10-,14-13-. The molecule has 0 aliphatic carbocycles. The van der Waals surface area contributed by atoms with E-state index in [1.807, 2.05) is 20.8 Å². The Morgan fingerprint density at radius 1 is 0.833 bits per heavy atom. The van der Waals surface area contributed by atoms with Crippen molar-refractivity contribution in [1.82, 2.24) is 0 Å². The third-order valence-electron chi connectivity index (χ3n) is 6.96. The van der Waals surface area contributed by atoms with Crippen molar-refractivity contribution in [2.75, 3.05) is 6.61 Å². The van der Waals surface area contributed by atoms with Gasteiger partial charge in [-0.1, -0.05) is 102 Å². The summed E-state index contributed by atoms with van der Waals surface area (Å²) in [6, 6.07) is 6.04. The molecule has 0 spiro atoms. The molecule has 0 aliphatic heterocycles. The zero-order valence-electron chi connectivity index (χ0n) is 26.4. The van der Waals surface area contributed by atoms with Gasteiger partial charge in [0, 0.05) is 13.0 Å². The quantitative estimate of drug-likeness (QED) is 0.0565. The molecule has 6 heteroatoms. The molecule has 0 radical (unpaired) electrons. The van der Waals surface area contributed by atoms with Gasteiger partial charge >= 0.3 is 11.9 Å². The number of unbranched alkanes of at least 4 members (excludes halogenated alkanes) is 6. The number of hydrogen-bond donors (Lipinski definition) is 1. The first-order valence-corrected chi connectivity index (χ1v) is 15.9. The van der Waals surface area contributed by atoms with E-state index in [1.165, 1.54) is 31.4 Å². The highest BCUT2D eigenvalue weighted by atomic mass is 16.5. The fourth-order valence-corrected chi connectivity index (χ4v) is 4.69. The first-order chi connectivity index (χ1) is 20.3. The van der Waals surface area contributed by atoms with Crippen LogP contribution in [-0.2, 0) is 14.3 Å². The van der Waals surface area contributed by atoms with Crippen molar-refractivity contribution >= 4 is 17.7 Å². The SMILES string of the molecule is CC/C=C\C/C=C\C/C=C\CCCCCCCCOC(CC)C(=O)CC(CC(C)C)C(=O)Oc1ccccc1C(=O)O. The molecule has 0 heterocycles. The number of carbonyl (C=O) groups is 3. The van der Waals surface area contributed by atoms with Gasteiger partial charge in [0.15, 0.2) is 5.78 Å². The fourth-order valence-electron chi connectivity index (χ4n) is 4.69. The average Bonchev–Trinajstić information content (AvgIpc) is 2.96. The Balaban J connectivity index is 2.33. The molecular weight excluding hydrogens is 528 g/mol. The number of rotatable bonds is 24. The lowest BCUT2D eigenvalue weighted by Crippen LogP contribution is -2.31. The van der Waals surface area contributed by atoms with Crippen LogP contribution in [0.15, 0.2) is 60.7 Å². The zero-order chi connectivity index (χ0) is 31.0. The van der Waals surface area contributed by atoms with E-state index in [1.54, 1.807) is 12.1 Å². The smallest absolute Gasteiger partial charge is 0.339 e. The maximum absolute atomic E-state index is 13.1. The average molecular weight is 583 g/mol. The predicted molar refractivity (Wildman–Crippen MR) is 171 cm³/mol. The topological polar surface area (TPSA) is 89.9 Å². The Labute approximate surface area is 254 Å². The number of carboxylic acid groups (broad SMARTS) is 1. The molecule has 1 N–H and O–H groups in total. The Kier molecular flexibility index (Phi) is 20.8. The van der Waals surface area contributed by atoms with Gasteiger partial charge in [0.05, 0.1) is 5.92 Å². The number of carboxylic acids is 1. The molecule has 42 heavy (non-hydrogen) atoms. The Hall–Kier alpha value is -2.99. The second kappa shape index (κ2) is 23.6. The van der Waals surface area contributed by atoms with E-state index < -0.39 is 24.0 Å². The van der Waals surface area contributed by atoms with Crippen LogP contribution in [0.2, 0.25) is 0 Å². The van der Waals surface area contributed by atoms with E-state index in [2.05, 4.69) is 43.4 Å². The highest BCUT2D eigenvalue weighted by Crippen LogP contribution is 2.24. The number of ketones is 1. The second-order valence-electron chi connectivity index (χ2n) is 11.2. The molecule has 2 unspecified atom stereocenters. The van der Waals surface area contributed by atoms with Gasteiger partial charge in [-0.25, -0.2) is 4.79 Å². The first-order valence-electron chi connectivity index (χ1n) is 15.9. The van der Waals surface area contributed by atoms with Gasteiger partial charge in [-0.3, -0.25) is 9.59 Å². The number of hydrogen-bond acceptors (Lipinski definition) is 5. The van der Waals surface area contributed by atoms with Crippen molar-refractivity contribution in [2.45, 2.75) is 117 Å². The minimum Gasteiger partial charge on any atom is -0.478 e. The van der Waals surface area contributed by atoms with E-state index in [0.717, 1.165) is 44.9 Å². The summed E-state index contributed by atoms with van der Waals surface area (Å²) in [5.41, 5.74) is -0.0817. The van der Waals surface area contributed by atoms with Gasteiger partial charge in [-0.2, -0.15) is 0 Å². The fraction of sp³-hybridized carbons (Fsp3) is 0.583. The molecule has 1 aromatic carbocycles. The van der Waals surface area contributed by atoms with Crippen molar-refractivity contribution in [3.8, 4) is 5.75 Å². The molecular formula is C36H54O6. The molecule has 1 rings (SSSR count). The molecule has 0 saturated heterocycles. The lowest BCUT2D eigenvalue weighted by Gasteiger charge is -2.21. The summed E-state index contributed by atoms with van der Waals surface area (Å²) in [7, 11) is 0. The summed E-state index contributed by atoms with van der Waals surface area (Å²) in [5, 5.41) is 9.39. The number of Topliss-reactive ketones (excluding diaryl/α,β-unsaturated/α-hetero) is 1. The van der Waals surface area contributed by atoms with Crippen LogP contribution in [0.1, 0.15) is 122 Å². The van der Waals surface area contributed by atoms with Crippen molar-refractivity contribution < 1.29 is 29.0 Å². The molecule has 2 atom stereocenters. The zero-order valence-corrected chi connectivity index (χ0v) is 26.4. The molecule has 0 aliphatic rings. The number of allylic oxidation sites excluding steroid dienone is 6. The molecule has 0 saturated carbocycles. The van der Waals surface area contributed by atoms with E-state index >= 15 is 0 Å².